The number of nitrogens with one attached hydrogen (secondary N) is 2. The van der Waals surface area contributed by atoms with E-state index in [0.29, 0.717) is 5.56 Å². The highest BCUT2D eigenvalue weighted by Gasteiger charge is 2.25. The number of ether oxygens (including phenoxy) is 3. The van der Waals surface area contributed by atoms with Gasteiger partial charge < -0.3 is 14.2 Å². The zero-order valence-corrected chi connectivity index (χ0v) is 16.1. The van der Waals surface area contributed by atoms with Gasteiger partial charge in [0, 0.05) is 0 Å². The fourth-order valence-corrected chi connectivity index (χ4v) is 3.49. The fourth-order valence-electron chi connectivity index (χ4n) is 2.21. The minimum absolute atomic E-state index is 0.119. The Balaban J connectivity index is 2.25. The summed E-state index contributed by atoms with van der Waals surface area (Å²) >= 11 is 0. The average Bonchev–Trinajstić information content (AvgIpc) is 2.60. The lowest BCUT2D eigenvalue weighted by Crippen LogP contribution is -2.35. The number of carbonyl (C=O) groups excluding carboxylic acids is 1. The van der Waals surface area contributed by atoms with Crippen LogP contribution in [-0.2, 0) is 10.0 Å². The minimum Gasteiger partial charge on any atom is -0.492 e. The first-order chi connectivity index (χ1) is 12.8. The number of aromatic nitrogens is 2. The minimum atomic E-state index is -4.20. The molecule has 0 aliphatic carbocycles. The van der Waals surface area contributed by atoms with Crippen molar-refractivity contribution in [2.75, 3.05) is 26.1 Å². The van der Waals surface area contributed by atoms with E-state index in [1.807, 2.05) is 4.72 Å². The van der Waals surface area contributed by atoms with E-state index in [-0.39, 0.29) is 35.0 Å². The molecule has 10 nitrogen and oxygen atoms in total. The van der Waals surface area contributed by atoms with Gasteiger partial charge in [-0.1, -0.05) is 12.1 Å². The Morgan fingerprint density at radius 3 is 2.33 bits per heavy atom. The molecule has 0 atom stereocenters. The molecule has 1 heterocycles. The van der Waals surface area contributed by atoms with Gasteiger partial charge in [-0.2, -0.15) is 9.97 Å². The number of aryl methyl sites for hydroxylation is 1. The van der Waals surface area contributed by atoms with E-state index in [2.05, 4.69) is 15.3 Å². The number of urea groups is 1. The number of nitrogens with zero attached hydrogens (tertiary/aromatic N) is 2. The number of rotatable bonds is 7. The van der Waals surface area contributed by atoms with Crippen LogP contribution in [0.4, 0.5) is 10.7 Å². The summed E-state index contributed by atoms with van der Waals surface area (Å²) in [6.45, 7) is 3.60. The van der Waals surface area contributed by atoms with Gasteiger partial charge in [-0.05, 0) is 25.5 Å². The maximum atomic E-state index is 12.7. The highest BCUT2D eigenvalue weighted by Crippen LogP contribution is 2.27. The number of hydrogen-bond acceptors (Lipinski definition) is 8. The van der Waals surface area contributed by atoms with E-state index in [4.69, 9.17) is 14.2 Å². The van der Waals surface area contributed by atoms with Gasteiger partial charge in [0.15, 0.2) is 0 Å². The van der Waals surface area contributed by atoms with E-state index >= 15 is 0 Å². The summed E-state index contributed by atoms with van der Waals surface area (Å²) in [4.78, 5) is 19.9. The van der Waals surface area contributed by atoms with Crippen LogP contribution < -0.4 is 24.2 Å². The summed E-state index contributed by atoms with van der Waals surface area (Å²) in [6, 6.07) is 5.14. The second kappa shape index (κ2) is 8.54. The number of methoxy groups -OCH3 is 2. The van der Waals surface area contributed by atoms with Crippen LogP contribution in [0.3, 0.4) is 0 Å². The molecule has 0 spiro atoms. The Hall–Kier alpha value is -3.08. The van der Waals surface area contributed by atoms with Crippen LogP contribution >= 0.6 is 0 Å². The third kappa shape index (κ3) is 4.97. The van der Waals surface area contributed by atoms with E-state index in [1.54, 1.807) is 26.0 Å². The molecule has 1 aromatic carbocycles. The van der Waals surface area contributed by atoms with Gasteiger partial charge in [-0.25, -0.2) is 17.9 Å². The molecule has 2 amide bonds. The average molecular weight is 396 g/mol. The van der Waals surface area contributed by atoms with Crippen molar-refractivity contribution in [2.45, 2.75) is 18.7 Å². The molecule has 0 unspecified atom stereocenters. The molecule has 0 bridgehead atoms. The lowest BCUT2D eigenvalue weighted by atomic mass is 10.2. The molecule has 27 heavy (non-hydrogen) atoms. The van der Waals surface area contributed by atoms with Crippen LogP contribution in [0.25, 0.3) is 0 Å². The normalized spacial score (nSPS) is 10.8. The van der Waals surface area contributed by atoms with Gasteiger partial charge in [0.2, 0.25) is 17.7 Å². The summed E-state index contributed by atoms with van der Waals surface area (Å²) in [6.07, 6.45) is 0. The Labute approximate surface area is 156 Å². The lowest BCUT2D eigenvalue weighted by Gasteiger charge is -2.14. The van der Waals surface area contributed by atoms with Crippen LogP contribution in [0, 0.1) is 6.92 Å². The summed E-state index contributed by atoms with van der Waals surface area (Å²) in [5, 5.41) is 2.24. The summed E-state index contributed by atoms with van der Waals surface area (Å²) in [7, 11) is -1.44. The highest BCUT2D eigenvalue weighted by molar-refractivity contribution is 7.90. The van der Waals surface area contributed by atoms with Crippen molar-refractivity contribution in [3.05, 3.63) is 29.8 Å². The number of carbonyl (C=O) groups is 1. The second-order valence-electron chi connectivity index (χ2n) is 5.17. The van der Waals surface area contributed by atoms with Crippen molar-refractivity contribution in [1.29, 1.82) is 0 Å². The molecule has 11 heteroatoms. The Bertz CT molecular complexity index is 910. The van der Waals surface area contributed by atoms with Crippen LogP contribution in [0.2, 0.25) is 0 Å². The highest BCUT2D eigenvalue weighted by atomic mass is 32.2. The Morgan fingerprint density at radius 1 is 1.15 bits per heavy atom. The van der Waals surface area contributed by atoms with Crippen molar-refractivity contribution in [3.8, 4) is 17.5 Å². The molecule has 1 aromatic heterocycles. The molecule has 0 fully saturated rings. The molecular formula is C16H20N4O6S. The standard InChI is InChI=1S/C16H20N4O6S/c1-5-26-11-8-6-7-10(2)14(11)27(22,23)20-16(21)19-15-17-12(24-3)9-13(18-15)25-4/h6-9H,5H2,1-4H3,(H2,17,18,19,20,21). The molecular weight excluding hydrogens is 376 g/mol. The van der Waals surface area contributed by atoms with Gasteiger partial charge in [0.25, 0.3) is 10.0 Å². The Kier molecular flexibility index (Phi) is 6.40. The van der Waals surface area contributed by atoms with Gasteiger partial charge >= 0.3 is 6.03 Å². The lowest BCUT2D eigenvalue weighted by molar-refractivity contribution is 0.256. The van der Waals surface area contributed by atoms with Crippen LogP contribution in [0.5, 0.6) is 17.5 Å². The smallest absolute Gasteiger partial charge is 0.335 e. The zero-order chi connectivity index (χ0) is 20.0. The molecule has 2 aromatic rings. The van der Waals surface area contributed by atoms with Gasteiger partial charge in [0.05, 0.1) is 26.9 Å². The van der Waals surface area contributed by atoms with Crippen LogP contribution in [0.1, 0.15) is 12.5 Å². The molecule has 0 aliphatic heterocycles. The quantitative estimate of drug-likeness (QED) is 0.724. The number of sulfonamides is 1. The van der Waals surface area contributed by atoms with E-state index in [1.165, 1.54) is 26.4 Å². The third-order valence-corrected chi connectivity index (χ3v) is 4.81. The number of benzene rings is 1. The second-order valence-corrected chi connectivity index (χ2v) is 6.79. The van der Waals surface area contributed by atoms with E-state index < -0.39 is 16.1 Å². The molecule has 0 saturated carbocycles. The van der Waals surface area contributed by atoms with Gasteiger partial charge in [-0.15, -0.1) is 0 Å². The zero-order valence-electron chi connectivity index (χ0n) is 15.3. The molecule has 2 N–H and O–H groups in total. The van der Waals surface area contributed by atoms with Gasteiger partial charge in [0.1, 0.15) is 10.6 Å². The molecule has 0 radical (unpaired) electrons. The number of hydrogen-bond donors (Lipinski definition) is 2. The van der Waals surface area contributed by atoms with Crippen molar-refractivity contribution < 1.29 is 27.4 Å². The number of amides is 2. The maximum absolute atomic E-state index is 12.7. The van der Waals surface area contributed by atoms with E-state index in [9.17, 15) is 13.2 Å². The molecule has 2 rings (SSSR count). The first-order valence-corrected chi connectivity index (χ1v) is 9.32. The predicted octanol–water partition coefficient (Wildman–Crippen LogP) is 1.71. The van der Waals surface area contributed by atoms with Crippen molar-refractivity contribution in [1.82, 2.24) is 14.7 Å². The first kappa shape index (κ1) is 20.2. The first-order valence-electron chi connectivity index (χ1n) is 7.84. The molecule has 0 aliphatic rings. The third-order valence-electron chi connectivity index (χ3n) is 3.29. The SMILES string of the molecule is CCOc1cccc(C)c1S(=O)(=O)NC(=O)Nc1nc(OC)cc(OC)n1. The maximum Gasteiger partial charge on any atom is 0.335 e. The number of anilines is 1. The van der Waals surface area contributed by atoms with Crippen molar-refractivity contribution in [2.24, 2.45) is 0 Å². The predicted molar refractivity (Wildman–Crippen MR) is 96.8 cm³/mol. The van der Waals surface area contributed by atoms with Crippen molar-refractivity contribution in [3.63, 3.8) is 0 Å². The molecule has 0 saturated heterocycles. The summed E-state index contributed by atoms with van der Waals surface area (Å²) < 4.78 is 42.5. The van der Waals surface area contributed by atoms with Gasteiger partial charge in [-0.3, -0.25) is 5.32 Å². The Morgan fingerprint density at radius 2 is 1.78 bits per heavy atom. The topological polar surface area (TPSA) is 129 Å². The summed E-state index contributed by atoms with van der Waals surface area (Å²) in [5.41, 5.74) is 0.431. The van der Waals surface area contributed by atoms with Crippen molar-refractivity contribution >= 4 is 22.0 Å². The van der Waals surface area contributed by atoms with Crippen LogP contribution in [0.15, 0.2) is 29.2 Å². The molecule has 146 valence electrons. The van der Waals surface area contributed by atoms with E-state index in [0.717, 1.165) is 0 Å². The van der Waals surface area contributed by atoms with Crippen LogP contribution in [-0.4, -0.2) is 45.2 Å². The fraction of sp³-hybridized carbons (Fsp3) is 0.312. The summed E-state index contributed by atoms with van der Waals surface area (Å²) in [5.74, 6) is 0.237. The monoisotopic (exact) mass is 396 g/mol. The largest absolute Gasteiger partial charge is 0.492 e.